The van der Waals surface area contributed by atoms with Gasteiger partial charge in [-0.2, -0.15) is 0 Å². The lowest BCUT2D eigenvalue weighted by Crippen LogP contribution is -2.44. The molecule has 21 heavy (non-hydrogen) atoms. The molecule has 0 radical (unpaired) electrons. The normalized spacial score (nSPS) is 16.7. The number of hydrogen-bond donors (Lipinski definition) is 0. The second-order valence-electron chi connectivity index (χ2n) is 6.43. The Kier molecular flexibility index (Phi) is 4.70. The van der Waals surface area contributed by atoms with Crippen LogP contribution in [0.2, 0.25) is 0 Å². The first-order valence-corrected chi connectivity index (χ1v) is 7.40. The summed E-state index contributed by atoms with van der Waals surface area (Å²) in [6.45, 7) is 8.97. The molecule has 1 aliphatic heterocycles. The van der Waals surface area contributed by atoms with Crippen molar-refractivity contribution < 1.29 is 14.3 Å². The molecule has 0 N–H and O–H groups in total. The number of nitrogens with zero attached hydrogens (tertiary/aromatic N) is 2. The zero-order valence-electron chi connectivity index (χ0n) is 13.3. The molecule has 1 aliphatic rings. The zero-order valence-corrected chi connectivity index (χ0v) is 13.3. The number of carbonyl (C=O) groups excluding carboxylic acids is 1. The minimum Gasteiger partial charge on any atom is -0.490 e. The lowest BCUT2D eigenvalue weighted by Gasteiger charge is -2.33. The summed E-state index contributed by atoms with van der Waals surface area (Å²) in [4.78, 5) is 17.8. The van der Waals surface area contributed by atoms with E-state index in [0.717, 1.165) is 24.2 Å². The summed E-state index contributed by atoms with van der Waals surface area (Å²) in [6, 6.07) is 1.88. The van der Waals surface area contributed by atoms with Crippen LogP contribution in [-0.4, -0.2) is 40.8 Å². The fourth-order valence-corrected chi connectivity index (χ4v) is 2.26. The SMILES string of the molecule is Cc1cnccc1OC1CCN(C(=O)OC(C)(C)C)CC1. The molecule has 0 atom stereocenters. The van der Waals surface area contributed by atoms with E-state index in [1.54, 1.807) is 17.3 Å². The quantitative estimate of drug-likeness (QED) is 0.840. The molecule has 0 aromatic carbocycles. The van der Waals surface area contributed by atoms with E-state index in [2.05, 4.69) is 4.98 Å². The number of amides is 1. The Morgan fingerprint density at radius 3 is 2.57 bits per heavy atom. The highest BCUT2D eigenvalue weighted by molar-refractivity contribution is 5.68. The monoisotopic (exact) mass is 292 g/mol. The Hall–Kier alpha value is -1.78. The standard InChI is InChI=1S/C16H24N2O3/c1-12-11-17-8-5-14(12)20-13-6-9-18(10-7-13)15(19)21-16(2,3)4/h5,8,11,13H,6-7,9-10H2,1-4H3. The fraction of sp³-hybridized carbons (Fsp3) is 0.625. The van der Waals surface area contributed by atoms with Gasteiger partial charge in [0.25, 0.3) is 0 Å². The number of aromatic nitrogens is 1. The van der Waals surface area contributed by atoms with Gasteiger partial charge >= 0.3 is 6.09 Å². The van der Waals surface area contributed by atoms with Crippen LogP contribution in [0.3, 0.4) is 0 Å². The van der Waals surface area contributed by atoms with E-state index < -0.39 is 5.60 Å². The van der Waals surface area contributed by atoms with Crippen LogP contribution >= 0.6 is 0 Å². The minimum absolute atomic E-state index is 0.143. The molecule has 1 amide bonds. The van der Waals surface area contributed by atoms with Crippen LogP contribution in [-0.2, 0) is 4.74 Å². The molecule has 5 nitrogen and oxygen atoms in total. The van der Waals surface area contributed by atoms with Crippen LogP contribution in [0.4, 0.5) is 4.79 Å². The van der Waals surface area contributed by atoms with Crippen molar-refractivity contribution in [1.82, 2.24) is 9.88 Å². The van der Waals surface area contributed by atoms with Gasteiger partial charge in [0.05, 0.1) is 0 Å². The molecule has 0 unspecified atom stereocenters. The van der Waals surface area contributed by atoms with E-state index in [1.165, 1.54) is 0 Å². The van der Waals surface area contributed by atoms with E-state index >= 15 is 0 Å². The van der Waals surface area contributed by atoms with E-state index in [9.17, 15) is 4.79 Å². The van der Waals surface area contributed by atoms with Gasteiger partial charge in [0.15, 0.2) is 0 Å². The highest BCUT2D eigenvalue weighted by Crippen LogP contribution is 2.22. The molecule has 0 aliphatic carbocycles. The van der Waals surface area contributed by atoms with Crippen molar-refractivity contribution in [2.75, 3.05) is 13.1 Å². The van der Waals surface area contributed by atoms with Gasteiger partial charge < -0.3 is 14.4 Å². The number of aryl methyl sites for hydroxylation is 1. The predicted molar refractivity (Wildman–Crippen MR) is 80.4 cm³/mol. The molecule has 5 heteroatoms. The summed E-state index contributed by atoms with van der Waals surface area (Å²) in [5, 5.41) is 0. The molecular weight excluding hydrogens is 268 g/mol. The van der Waals surface area contributed by atoms with E-state index in [4.69, 9.17) is 9.47 Å². The molecule has 2 rings (SSSR count). The van der Waals surface area contributed by atoms with Gasteiger partial charge in [0, 0.05) is 43.9 Å². The lowest BCUT2D eigenvalue weighted by atomic mass is 10.1. The number of piperidine rings is 1. The van der Waals surface area contributed by atoms with Gasteiger partial charge in [-0.1, -0.05) is 0 Å². The maximum absolute atomic E-state index is 12.0. The molecule has 1 saturated heterocycles. The van der Waals surface area contributed by atoms with Crippen molar-refractivity contribution in [2.45, 2.75) is 52.2 Å². The van der Waals surface area contributed by atoms with Crippen molar-refractivity contribution in [3.05, 3.63) is 24.0 Å². The Balaban J connectivity index is 1.83. The zero-order chi connectivity index (χ0) is 15.5. The minimum atomic E-state index is -0.446. The summed E-state index contributed by atoms with van der Waals surface area (Å²) < 4.78 is 11.4. The van der Waals surface area contributed by atoms with E-state index in [0.29, 0.717) is 13.1 Å². The highest BCUT2D eigenvalue weighted by Gasteiger charge is 2.27. The van der Waals surface area contributed by atoms with Crippen molar-refractivity contribution in [1.29, 1.82) is 0 Å². The van der Waals surface area contributed by atoms with Crippen LogP contribution in [0, 0.1) is 6.92 Å². The maximum atomic E-state index is 12.0. The average Bonchev–Trinajstić information content (AvgIpc) is 2.40. The molecule has 1 fully saturated rings. The van der Waals surface area contributed by atoms with Gasteiger partial charge in [0.1, 0.15) is 17.5 Å². The van der Waals surface area contributed by atoms with Gasteiger partial charge in [-0.05, 0) is 33.8 Å². The lowest BCUT2D eigenvalue weighted by molar-refractivity contribution is 0.0126. The van der Waals surface area contributed by atoms with Crippen molar-refractivity contribution in [2.24, 2.45) is 0 Å². The number of likely N-dealkylation sites (tertiary alicyclic amines) is 1. The van der Waals surface area contributed by atoms with E-state index in [-0.39, 0.29) is 12.2 Å². The molecule has 1 aromatic heterocycles. The molecule has 2 heterocycles. The second kappa shape index (κ2) is 6.33. The Morgan fingerprint density at radius 2 is 2.00 bits per heavy atom. The summed E-state index contributed by atoms with van der Waals surface area (Å²) >= 11 is 0. The number of carbonyl (C=O) groups is 1. The second-order valence-corrected chi connectivity index (χ2v) is 6.43. The van der Waals surface area contributed by atoms with Gasteiger partial charge in [-0.15, -0.1) is 0 Å². The third-order valence-electron chi connectivity index (χ3n) is 3.36. The molecule has 116 valence electrons. The van der Waals surface area contributed by atoms with Crippen molar-refractivity contribution >= 4 is 6.09 Å². The average molecular weight is 292 g/mol. The van der Waals surface area contributed by atoms with Gasteiger partial charge in [-0.3, -0.25) is 4.98 Å². The molecule has 0 bridgehead atoms. The third-order valence-corrected chi connectivity index (χ3v) is 3.36. The Bertz CT molecular complexity index is 489. The summed E-state index contributed by atoms with van der Waals surface area (Å²) in [7, 11) is 0. The van der Waals surface area contributed by atoms with Gasteiger partial charge in [-0.25, -0.2) is 4.79 Å². The fourth-order valence-electron chi connectivity index (χ4n) is 2.26. The third kappa shape index (κ3) is 4.62. The number of ether oxygens (including phenoxy) is 2. The summed E-state index contributed by atoms with van der Waals surface area (Å²) in [5.41, 5.74) is 0.588. The highest BCUT2D eigenvalue weighted by atomic mass is 16.6. The number of hydrogen-bond acceptors (Lipinski definition) is 4. The molecule has 1 aromatic rings. The topological polar surface area (TPSA) is 51.7 Å². The summed E-state index contributed by atoms with van der Waals surface area (Å²) in [6.07, 6.45) is 5.08. The smallest absolute Gasteiger partial charge is 0.410 e. The predicted octanol–water partition coefficient (Wildman–Crippen LogP) is 3.17. The van der Waals surface area contributed by atoms with Crippen LogP contribution in [0.1, 0.15) is 39.2 Å². The molecule has 0 saturated carbocycles. The first-order chi connectivity index (χ1) is 9.85. The Labute approximate surface area is 126 Å². The van der Waals surface area contributed by atoms with Crippen LogP contribution < -0.4 is 4.74 Å². The van der Waals surface area contributed by atoms with Crippen LogP contribution in [0.25, 0.3) is 0 Å². The van der Waals surface area contributed by atoms with Gasteiger partial charge in [0.2, 0.25) is 0 Å². The number of pyridine rings is 1. The van der Waals surface area contributed by atoms with E-state index in [1.807, 2.05) is 33.8 Å². The van der Waals surface area contributed by atoms with Crippen LogP contribution in [0.15, 0.2) is 18.5 Å². The molecule has 0 spiro atoms. The first kappa shape index (κ1) is 15.6. The maximum Gasteiger partial charge on any atom is 0.410 e. The first-order valence-electron chi connectivity index (χ1n) is 7.40. The summed E-state index contributed by atoms with van der Waals surface area (Å²) in [5.74, 6) is 0.876. The van der Waals surface area contributed by atoms with Crippen molar-refractivity contribution in [3.63, 3.8) is 0 Å². The molecular formula is C16H24N2O3. The number of rotatable bonds is 2. The Morgan fingerprint density at radius 1 is 1.33 bits per heavy atom. The van der Waals surface area contributed by atoms with Crippen molar-refractivity contribution in [3.8, 4) is 5.75 Å². The largest absolute Gasteiger partial charge is 0.490 e. The van der Waals surface area contributed by atoms with Crippen LogP contribution in [0.5, 0.6) is 5.75 Å².